The zero-order chi connectivity index (χ0) is 21.5. The molecule has 156 valence electrons. The molecule has 0 spiro atoms. The first-order valence-electron chi connectivity index (χ1n) is 10.7. The molecule has 2 N–H and O–H groups in total. The van der Waals surface area contributed by atoms with Gasteiger partial charge < -0.3 is 9.84 Å². The van der Waals surface area contributed by atoms with Crippen LogP contribution in [0.1, 0.15) is 72.9 Å². The molecule has 2 aromatic carbocycles. The third-order valence-corrected chi connectivity index (χ3v) is 6.50. The summed E-state index contributed by atoms with van der Waals surface area (Å²) in [4.78, 5) is 11.7. The number of phenolic OH excluding ortho intramolecular Hbond substituents is 1. The van der Waals surface area contributed by atoms with E-state index in [4.69, 9.17) is 10.1 Å². The number of hydrogen-bond acceptors (Lipinski definition) is 5. The van der Waals surface area contributed by atoms with Crippen LogP contribution in [-0.2, 0) is 12.8 Å². The van der Waals surface area contributed by atoms with E-state index in [1.54, 1.807) is 7.11 Å². The van der Waals surface area contributed by atoms with Gasteiger partial charge in [-0.3, -0.25) is 5.41 Å². The summed E-state index contributed by atoms with van der Waals surface area (Å²) in [6.45, 7) is 4.15. The third kappa shape index (κ3) is 2.95. The smallest absolute Gasteiger partial charge is 0.129 e. The van der Waals surface area contributed by atoms with Crippen molar-refractivity contribution in [2.24, 2.45) is 5.18 Å². The van der Waals surface area contributed by atoms with Crippen molar-refractivity contribution in [2.75, 3.05) is 7.11 Å². The summed E-state index contributed by atoms with van der Waals surface area (Å²) in [6.07, 6.45) is 6.38. The topological polar surface area (TPSA) is 82.7 Å². The van der Waals surface area contributed by atoms with Gasteiger partial charge in [-0.05, 0) is 65.6 Å². The fraction of sp³-hybridized carbons (Fsp3) is 0.400. The molecule has 1 unspecified atom stereocenters. The molecule has 1 atom stereocenters. The Labute approximate surface area is 177 Å². The van der Waals surface area contributed by atoms with Crippen molar-refractivity contribution >= 4 is 11.3 Å². The van der Waals surface area contributed by atoms with Gasteiger partial charge in [-0.1, -0.05) is 43.7 Å². The lowest BCUT2D eigenvalue weighted by molar-refractivity contribution is 0.337. The lowest BCUT2D eigenvalue weighted by Gasteiger charge is -2.34. The highest BCUT2D eigenvalue weighted by atomic mass is 16.5. The van der Waals surface area contributed by atoms with Crippen LogP contribution in [-0.4, -0.2) is 23.5 Å². The maximum atomic E-state index is 11.7. The quantitative estimate of drug-likeness (QED) is 0.530. The zero-order valence-corrected chi connectivity index (χ0v) is 17.8. The molecule has 0 aliphatic heterocycles. The minimum atomic E-state index is -0.597. The van der Waals surface area contributed by atoms with E-state index in [9.17, 15) is 10.0 Å². The van der Waals surface area contributed by atoms with Crippen LogP contribution < -0.4 is 4.74 Å². The van der Waals surface area contributed by atoms with Gasteiger partial charge in [-0.25, -0.2) is 0 Å². The van der Waals surface area contributed by atoms with E-state index in [-0.39, 0.29) is 11.5 Å². The van der Waals surface area contributed by atoms with Crippen molar-refractivity contribution in [1.82, 2.24) is 0 Å². The van der Waals surface area contributed by atoms with Crippen molar-refractivity contribution in [3.8, 4) is 11.5 Å². The van der Waals surface area contributed by atoms with Gasteiger partial charge >= 0.3 is 0 Å². The number of ether oxygens (including phenoxy) is 1. The van der Waals surface area contributed by atoms with Crippen LogP contribution in [0.15, 0.2) is 35.5 Å². The molecule has 0 saturated heterocycles. The van der Waals surface area contributed by atoms with Gasteiger partial charge in [-0.2, -0.15) is 4.91 Å². The van der Waals surface area contributed by atoms with Gasteiger partial charge in [0.2, 0.25) is 0 Å². The number of allylic oxidation sites excluding steroid dienone is 1. The number of nitroso groups, excluding NO2 is 1. The number of hydrogen-bond donors (Lipinski definition) is 2. The Kier molecular flexibility index (Phi) is 5.22. The van der Waals surface area contributed by atoms with Crippen LogP contribution in [0.4, 0.5) is 0 Å². The molecular weight excluding hydrogens is 376 g/mol. The summed E-state index contributed by atoms with van der Waals surface area (Å²) in [5.41, 5.74) is 5.59. The number of methoxy groups -OCH3 is 1. The van der Waals surface area contributed by atoms with Gasteiger partial charge in [0.15, 0.2) is 0 Å². The number of phenols is 1. The normalized spacial score (nSPS) is 21.0. The molecule has 30 heavy (non-hydrogen) atoms. The molecule has 0 aromatic heterocycles. The molecule has 5 nitrogen and oxygen atoms in total. The number of nitrogens with one attached hydrogen (secondary N) is 1. The Morgan fingerprint density at radius 2 is 2.07 bits per heavy atom. The predicted molar refractivity (Wildman–Crippen MR) is 120 cm³/mol. The molecule has 0 radical (unpaired) electrons. The average molecular weight is 405 g/mol. The van der Waals surface area contributed by atoms with Crippen molar-refractivity contribution in [1.29, 1.82) is 5.41 Å². The first-order chi connectivity index (χ1) is 14.5. The Balaban J connectivity index is 1.96. The Bertz CT molecular complexity index is 1070. The molecule has 0 saturated carbocycles. The highest BCUT2D eigenvalue weighted by molar-refractivity contribution is 6.23. The first-order valence-corrected chi connectivity index (χ1v) is 10.7. The maximum Gasteiger partial charge on any atom is 0.129 e. The van der Waals surface area contributed by atoms with Gasteiger partial charge in [-0.15, -0.1) is 0 Å². The number of rotatable bonds is 5. The number of nitrogens with zero attached hydrogens (tertiary/aromatic N) is 1. The minimum Gasteiger partial charge on any atom is -0.507 e. The van der Waals surface area contributed by atoms with E-state index in [0.29, 0.717) is 36.1 Å². The van der Waals surface area contributed by atoms with E-state index in [1.807, 2.05) is 18.2 Å². The van der Waals surface area contributed by atoms with Gasteiger partial charge in [0.1, 0.15) is 17.0 Å². The lowest BCUT2D eigenvalue weighted by Crippen LogP contribution is -2.34. The molecule has 5 heteroatoms. The molecule has 2 aliphatic carbocycles. The van der Waals surface area contributed by atoms with E-state index in [2.05, 4.69) is 31.2 Å². The molecule has 2 aromatic rings. The van der Waals surface area contributed by atoms with Crippen LogP contribution in [0, 0.1) is 10.3 Å². The molecule has 2 aliphatic rings. The fourth-order valence-electron chi connectivity index (χ4n) is 5.15. The monoisotopic (exact) mass is 404 g/mol. The van der Waals surface area contributed by atoms with Crippen molar-refractivity contribution in [3.63, 3.8) is 0 Å². The van der Waals surface area contributed by atoms with Crippen molar-refractivity contribution in [2.45, 2.75) is 57.9 Å². The second-order valence-electron chi connectivity index (χ2n) is 8.31. The standard InChI is InChI=1S/C25H28N2O3/c1-4-7-17-18-8-6-9-20(30-3)21(18)23(26)22-19(17)13-15-14-25(27-29,11-5-2)12-10-16(15)24(22)28/h6-9,13,26,28H,4-5,10-12,14H2,1-3H3/b17-7+,26-23?. The summed E-state index contributed by atoms with van der Waals surface area (Å²) < 4.78 is 5.55. The van der Waals surface area contributed by atoms with Crippen LogP contribution in [0.25, 0.3) is 5.57 Å². The van der Waals surface area contributed by atoms with Gasteiger partial charge in [0, 0.05) is 6.42 Å². The van der Waals surface area contributed by atoms with E-state index >= 15 is 0 Å². The highest BCUT2D eigenvalue weighted by Crippen LogP contribution is 2.47. The van der Waals surface area contributed by atoms with Crippen LogP contribution in [0.2, 0.25) is 0 Å². The lowest BCUT2D eigenvalue weighted by atomic mass is 9.71. The van der Waals surface area contributed by atoms with Crippen LogP contribution in [0.5, 0.6) is 11.5 Å². The van der Waals surface area contributed by atoms with Crippen molar-refractivity contribution < 1.29 is 9.84 Å². The van der Waals surface area contributed by atoms with Crippen LogP contribution >= 0.6 is 0 Å². The van der Waals surface area contributed by atoms with E-state index < -0.39 is 5.54 Å². The summed E-state index contributed by atoms with van der Waals surface area (Å²) in [5, 5.41) is 23.7. The highest BCUT2D eigenvalue weighted by Gasteiger charge is 2.39. The second kappa shape index (κ2) is 7.71. The predicted octanol–water partition coefficient (Wildman–Crippen LogP) is 5.77. The Hall–Kier alpha value is -2.95. The van der Waals surface area contributed by atoms with Crippen molar-refractivity contribution in [3.05, 3.63) is 68.6 Å². The summed E-state index contributed by atoms with van der Waals surface area (Å²) in [5.74, 6) is 0.802. The average Bonchev–Trinajstić information content (AvgIpc) is 2.76. The minimum absolute atomic E-state index is 0.169. The first kappa shape index (κ1) is 20.3. The van der Waals surface area contributed by atoms with Gasteiger partial charge in [0.05, 0.1) is 23.9 Å². The maximum absolute atomic E-state index is 11.7. The zero-order valence-electron chi connectivity index (χ0n) is 17.8. The second-order valence-corrected chi connectivity index (χ2v) is 8.31. The number of benzene rings is 2. The van der Waals surface area contributed by atoms with Crippen LogP contribution in [0.3, 0.4) is 0 Å². The summed E-state index contributed by atoms with van der Waals surface area (Å²) in [6, 6.07) is 7.87. The summed E-state index contributed by atoms with van der Waals surface area (Å²) >= 11 is 0. The fourth-order valence-corrected chi connectivity index (χ4v) is 5.15. The Morgan fingerprint density at radius 3 is 2.73 bits per heavy atom. The molecule has 0 fully saturated rings. The third-order valence-electron chi connectivity index (χ3n) is 6.50. The van der Waals surface area contributed by atoms with Gasteiger partial charge in [0.25, 0.3) is 0 Å². The molecule has 0 amide bonds. The molecule has 0 heterocycles. The number of aromatic hydroxyl groups is 1. The SMILES string of the molecule is CC/C=C1\c2cccc(OC)c2C(=N)c2c1cc1c(c2O)CCC(CCC)(N=O)C1. The number of fused-ring (bicyclic) bond motifs is 3. The Morgan fingerprint density at radius 1 is 1.27 bits per heavy atom. The van der Waals surface area contributed by atoms with E-state index in [1.165, 1.54) is 0 Å². The van der Waals surface area contributed by atoms with E-state index in [0.717, 1.165) is 47.1 Å². The summed E-state index contributed by atoms with van der Waals surface area (Å²) in [7, 11) is 1.61. The molecule has 4 rings (SSSR count). The molecule has 0 bridgehead atoms. The molecular formula is C25H28N2O3. The largest absolute Gasteiger partial charge is 0.507 e.